The number of hydrogen-bond acceptors (Lipinski definition) is 6. The molecule has 0 spiro atoms. The number of rotatable bonds is 48. The predicted octanol–water partition coefficient (Wildman–Crippen LogP) is 14.8. The molecule has 366 valence electrons. The Morgan fingerprint density at radius 3 is 1.34 bits per heavy atom. The molecule has 62 heavy (non-hydrogen) atoms. The van der Waals surface area contributed by atoms with Crippen molar-refractivity contribution in [1.82, 2.24) is 5.32 Å². The lowest BCUT2D eigenvalue weighted by atomic mass is 10.0. The number of allylic oxidation sites excluding steroid dienone is 5. The first-order chi connectivity index (χ1) is 30.0. The molecule has 3 unspecified atom stereocenters. The van der Waals surface area contributed by atoms with Crippen LogP contribution in [0.4, 0.5) is 0 Å². The van der Waals surface area contributed by atoms with Gasteiger partial charge in [0.1, 0.15) is 13.2 Å². The third-order valence-corrected chi connectivity index (χ3v) is 12.8. The van der Waals surface area contributed by atoms with E-state index in [4.69, 9.17) is 9.05 Å². The fourth-order valence-corrected chi connectivity index (χ4v) is 8.38. The second-order valence-corrected chi connectivity index (χ2v) is 20.6. The summed E-state index contributed by atoms with van der Waals surface area (Å²) in [6.07, 6.45) is 56.8. The molecular weight excluding hydrogens is 792 g/mol. The highest BCUT2D eigenvalue weighted by molar-refractivity contribution is 7.45. The van der Waals surface area contributed by atoms with Crippen LogP contribution in [0.2, 0.25) is 0 Å². The van der Waals surface area contributed by atoms with Gasteiger partial charge in [-0.15, -0.1) is 0 Å². The summed E-state index contributed by atoms with van der Waals surface area (Å²) >= 11 is 0. The highest BCUT2D eigenvalue weighted by Gasteiger charge is 2.23. The van der Waals surface area contributed by atoms with Crippen molar-refractivity contribution in [2.45, 2.75) is 257 Å². The Morgan fingerprint density at radius 2 is 0.935 bits per heavy atom. The molecule has 9 heteroatoms. The Bertz CT molecular complexity index is 1110. The lowest BCUT2D eigenvalue weighted by molar-refractivity contribution is -0.870. The van der Waals surface area contributed by atoms with Gasteiger partial charge in [-0.2, -0.15) is 0 Å². The average Bonchev–Trinajstić information content (AvgIpc) is 3.23. The molecule has 0 heterocycles. The zero-order chi connectivity index (χ0) is 45.7. The van der Waals surface area contributed by atoms with Crippen LogP contribution in [-0.2, 0) is 18.4 Å². The average molecular weight is 895 g/mol. The number of quaternary nitrogens is 1. The molecule has 2 N–H and O–H groups in total. The summed E-state index contributed by atoms with van der Waals surface area (Å²) in [6.45, 7) is 4.58. The molecule has 3 atom stereocenters. The van der Waals surface area contributed by atoms with Gasteiger partial charge in [0.25, 0.3) is 7.82 Å². The van der Waals surface area contributed by atoms with Crippen LogP contribution in [0.3, 0.4) is 0 Å². The SMILES string of the molecule is CCCCCCC/C=C\C/C=C\CCCCCCCCCCCCCCCCCCCCCCCC(=O)NC(COP(=O)([O-])OCC[N+](C)(C)C)C(O)/C=C/CCCCCCC. The van der Waals surface area contributed by atoms with E-state index in [0.717, 1.165) is 44.9 Å². The Morgan fingerprint density at radius 1 is 0.565 bits per heavy atom. The molecule has 8 nitrogen and oxygen atoms in total. The molecule has 0 saturated carbocycles. The molecule has 0 rings (SSSR count). The molecule has 0 aliphatic heterocycles. The van der Waals surface area contributed by atoms with Gasteiger partial charge in [-0.3, -0.25) is 9.36 Å². The van der Waals surface area contributed by atoms with E-state index in [1.165, 1.54) is 180 Å². The number of likely N-dealkylation sites (N-methyl/N-ethyl adjacent to an activating group) is 1. The zero-order valence-electron chi connectivity index (χ0n) is 41.6. The number of aliphatic hydroxyl groups excluding tert-OH is 1. The van der Waals surface area contributed by atoms with E-state index in [2.05, 4.69) is 43.5 Å². The van der Waals surface area contributed by atoms with Crippen LogP contribution in [0.1, 0.15) is 245 Å². The van der Waals surface area contributed by atoms with Crippen molar-refractivity contribution in [1.29, 1.82) is 0 Å². The van der Waals surface area contributed by atoms with E-state index in [1.54, 1.807) is 6.08 Å². The van der Waals surface area contributed by atoms with E-state index in [0.29, 0.717) is 17.4 Å². The van der Waals surface area contributed by atoms with Gasteiger partial charge in [-0.1, -0.05) is 224 Å². The molecule has 0 aromatic rings. The standard InChI is InChI=1S/C53H103N2O6P/c1-6-8-10-12-14-15-16-17-18-19-20-21-22-23-24-25-26-27-28-29-30-31-32-33-34-35-36-37-38-39-41-43-45-47-53(57)54-51(52(56)46-44-42-40-13-11-9-7-2)50-61-62(58,59)60-49-48-55(3,4)5/h16-17,19-20,44,46,51-52,56H,6-15,18,21-43,45,47-50H2,1-5H3,(H-,54,57,58,59)/b17-16-,20-19-,46-44+. The van der Waals surface area contributed by atoms with Crippen molar-refractivity contribution in [2.75, 3.05) is 40.9 Å². The number of carbonyl (C=O) groups is 1. The number of nitrogens with zero attached hydrogens (tertiary/aromatic N) is 1. The molecule has 0 fully saturated rings. The maximum atomic E-state index is 12.8. The summed E-state index contributed by atoms with van der Waals surface area (Å²) < 4.78 is 23.1. The molecule has 0 aliphatic rings. The van der Waals surface area contributed by atoms with Crippen LogP contribution in [0.25, 0.3) is 0 Å². The second kappa shape index (κ2) is 44.9. The minimum absolute atomic E-state index is 0.000235. The van der Waals surface area contributed by atoms with Gasteiger partial charge in [0.15, 0.2) is 0 Å². The highest BCUT2D eigenvalue weighted by Crippen LogP contribution is 2.38. The number of hydrogen-bond donors (Lipinski definition) is 2. The third kappa shape index (κ3) is 46.7. The molecule has 0 bridgehead atoms. The van der Waals surface area contributed by atoms with Crippen LogP contribution in [-0.4, -0.2) is 68.5 Å². The first-order valence-electron chi connectivity index (χ1n) is 26.4. The molecule has 0 aromatic carbocycles. The lowest BCUT2D eigenvalue weighted by Crippen LogP contribution is -2.45. The number of phosphoric acid groups is 1. The van der Waals surface area contributed by atoms with Crippen LogP contribution in [0.15, 0.2) is 36.5 Å². The van der Waals surface area contributed by atoms with Crippen LogP contribution in [0.5, 0.6) is 0 Å². The first kappa shape index (κ1) is 60.7. The summed E-state index contributed by atoms with van der Waals surface area (Å²) in [4.78, 5) is 25.2. The highest BCUT2D eigenvalue weighted by atomic mass is 31.2. The van der Waals surface area contributed by atoms with Crippen molar-refractivity contribution in [3.63, 3.8) is 0 Å². The first-order valence-corrected chi connectivity index (χ1v) is 27.8. The summed E-state index contributed by atoms with van der Waals surface area (Å²) in [5.41, 5.74) is 0. The van der Waals surface area contributed by atoms with E-state index < -0.39 is 20.0 Å². The van der Waals surface area contributed by atoms with Crippen molar-refractivity contribution in [3.8, 4) is 0 Å². The van der Waals surface area contributed by atoms with Crippen LogP contribution >= 0.6 is 7.82 Å². The van der Waals surface area contributed by atoms with Crippen molar-refractivity contribution in [2.24, 2.45) is 0 Å². The fraction of sp³-hybridized carbons (Fsp3) is 0.868. The quantitative estimate of drug-likeness (QED) is 0.0273. The second-order valence-electron chi connectivity index (χ2n) is 19.2. The van der Waals surface area contributed by atoms with E-state index >= 15 is 0 Å². The molecule has 0 aromatic heterocycles. The van der Waals surface area contributed by atoms with E-state index in [-0.39, 0.29) is 19.1 Å². The smallest absolute Gasteiger partial charge is 0.268 e. The topological polar surface area (TPSA) is 108 Å². The molecule has 0 saturated heterocycles. The number of carbonyl (C=O) groups excluding carboxylic acids is 1. The van der Waals surface area contributed by atoms with E-state index in [1.807, 2.05) is 27.2 Å². The van der Waals surface area contributed by atoms with Gasteiger partial charge in [0.2, 0.25) is 5.91 Å². The van der Waals surface area contributed by atoms with Crippen LogP contribution < -0.4 is 10.2 Å². The van der Waals surface area contributed by atoms with Gasteiger partial charge in [-0.05, 0) is 51.4 Å². The zero-order valence-corrected chi connectivity index (χ0v) is 42.5. The maximum absolute atomic E-state index is 12.8. The van der Waals surface area contributed by atoms with Crippen molar-refractivity contribution < 1.29 is 32.9 Å². The molecule has 0 aliphatic carbocycles. The van der Waals surface area contributed by atoms with E-state index in [9.17, 15) is 19.4 Å². The number of aliphatic hydroxyl groups is 1. The van der Waals surface area contributed by atoms with Gasteiger partial charge < -0.3 is 28.8 Å². The minimum atomic E-state index is -4.58. The fourth-order valence-electron chi connectivity index (χ4n) is 7.65. The largest absolute Gasteiger partial charge is 0.756 e. The number of nitrogens with one attached hydrogen (secondary N) is 1. The molecule has 0 radical (unpaired) electrons. The maximum Gasteiger partial charge on any atom is 0.268 e. The third-order valence-electron chi connectivity index (χ3n) is 11.8. The van der Waals surface area contributed by atoms with Gasteiger partial charge in [0.05, 0.1) is 39.9 Å². The normalized spacial score (nSPS) is 14.4. The minimum Gasteiger partial charge on any atom is -0.756 e. The summed E-state index contributed by atoms with van der Waals surface area (Å²) in [5.74, 6) is -0.199. The Hall–Kier alpha value is -1.28. The van der Waals surface area contributed by atoms with Gasteiger partial charge in [0, 0.05) is 6.42 Å². The summed E-state index contributed by atoms with van der Waals surface area (Å²) in [6, 6.07) is -0.881. The number of amides is 1. The Labute approximate surface area is 385 Å². The Balaban J connectivity index is 3.85. The number of unbranched alkanes of at least 4 members (excludes halogenated alkanes) is 31. The van der Waals surface area contributed by atoms with Crippen LogP contribution in [0, 0.1) is 0 Å². The van der Waals surface area contributed by atoms with Crippen molar-refractivity contribution >= 4 is 13.7 Å². The van der Waals surface area contributed by atoms with Gasteiger partial charge in [-0.25, -0.2) is 0 Å². The summed E-state index contributed by atoms with van der Waals surface area (Å²) in [7, 11) is 1.26. The molecule has 1 amide bonds. The summed E-state index contributed by atoms with van der Waals surface area (Å²) in [5, 5.41) is 13.7. The monoisotopic (exact) mass is 895 g/mol. The molecular formula is C53H103N2O6P. The van der Waals surface area contributed by atoms with Crippen molar-refractivity contribution in [3.05, 3.63) is 36.5 Å². The predicted molar refractivity (Wildman–Crippen MR) is 265 cm³/mol. The lowest BCUT2D eigenvalue weighted by Gasteiger charge is -2.29. The van der Waals surface area contributed by atoms with Gasteiger partial charge >= 0.3 is 0 Å². The number of phosphoric ester groups is 1. The Kier molecular flexibility index (Phi) is 44.0.